The Morgan fingerprint density at radius 3 is 2.27 bits per heavy atom. The highest BCUT2D eigenvalue weighted by molar-refractivity contribution is 4.81. The Bertz CT molecular complexity index is 175. The van der Waals surface area contributed by atoms with Crippen LogP contribution in [0.3, 0.4) is 0 Å². The van der Waals surface area contributed by atoms with E-state index in [1.807, 2.05) is 0 Å². The minimum Gasteiger partial charge on any atom is -0.327 e. The third-order valence-corrected chi connectivity index (χ3v) is 4.24. The molecule has 2 aliphatic carbocycles. The van der Waals surface area contributed by atoms with Gasteiger partial charge < -0.3 is 11.1 Å². The molecule has 2 nitrogen and oxygen atoms in total. The van der Waals surface area contributed by atoms with E-state index in [0.717, 1.165) is 12.0 Å². The highest BCUT2D eigenvalue weighted by Gasteiger charge is 2.22. The number of hydrogen-bond acceptors (Lipinski definition) is 2. The van der Waals surface area contributed by atoms with Crippen LogP contribution >= 0.6 is 0 Å². The number of hydrogen-bond donors (Lipinski definition) is 2. The fourth-order valence-corrected chi connectivity index (χ4v) is 3.11. The minimum atomic E-state index is 0.467. The van der Waals surface area contributed by atoms with Crippen molar-refractivity contribution in [1.29, 1.82) is 0 Å². The average molecular weight is 210 g/mol. The van der Waals surface area contributed by atoms with Crippen LogP contribution in [0.2, 0.25) is 0 Å². The van der Waals surface area contributed by atoms with Crippen LogP contribution in [0.4, 0.5) is 0 Å². The summed E-state index contributed by atoms with van der Waals surface area (Å²) < 4.78 is 0. The van der Waals surface area contributed by atoms with Crippen molar-refractivity contribution in [2.45, 2.75) is 69.9 Å². The molecule has 3 N–H and O–H groups in total. The molecule has 2 atom stereocenters. The lowest BCUT2D eigenvalue weighted by atomic mass is 9.84. The molecule has 0 saturated heterocycles. The third kappa shape index (κ3) is 3.46. The van der Waals surface area contributed by atoms with E-state index in [-0.39, 0.29) is 0 Å². The van der Waals surface area contributed by atoms with Crippen molar-refractivity contribution in [3.63, 3.8) is 0 Å². The predicted octanol–water partition coefficient (Wildman–Crippen LogP) is 2.43. The Labute approximate surface area is 94.0 Å². The lowest BCUT2D eigenvalue weighted by molar-refractivity contribution is 0.270. The van der Waals surface area contributed by atoms with E-state index in [9.17, 15) is 0 Å². The fraction of sp³-hybridized carbons (Fsp3) is 1.00. The summed E-state index contributed by atoms with van der Waals surface area (Å²) in [6.45, 7) is 1.17. The zero-order chi connectivity index (χ0) is 10.5. The number of rotatable bonds is 3. The van der Waals surface area contributed by atoms with Gasteiger partial charge in [0.25, 0.3) is 0 Å². The van der Waals surface area contributed by atoms with Crippen molar-refractivity contribution in [3.8, 4) is 0 Å². The van der Waals surface area contributed by atoms with Crippen molar-refractivity contribution in [2.75, 3.05) is 6.54 Å². The van der Waals surface area contributed by atoms with Crippen LogP contribution in [0.15, 0.2) is 0 Å². The maximum atomic E-state index is 6.15. The zero-order valence-electron chi connectivity index (χ0n) is 9.88. The molecule has 0 aromatic heterocycles. The Balaban J connectivity index is 1.67. The first kappa shape index (κ1) is 11.4. The van der Waals surface area contributed by atoms with Gasteiger partial charge in [-0.3, -0.25) is 0 Å². The first-order chi connectivity index (χ1) is 7.36. The van der Waals surface area contributed by atoms with Crippen LogP contribution in [0.5, 0.6) is 0 Å². The first-order valence-electron chi connectivity index (χ1n) is 6.85. The summed E-state index contributed by atoms with van der Waals surface area (Å²) >= 11 is 0. The quantitative estimate of drug-likeness (QED) is 0.751. The molecule has 15 heavy (non-hydrogen) atoms. The third-order valence-electron chi connectivity index (χ3n) is 4.24. The maximum Gasteiger partial charge on any atom is 0.00792 e. The van der Waals surface area contributed by atoms with Crippen LogP contribution in [0.25, 0.3) is 0 Å². The van der Waals surface area contributed by atoms with Crippen LogP contribution < -0.4 is 11.1 Å². The largest absolute Gasteiger partial charge is 0.327 e. The molecular formula is C13H26N2. The van der Waals surface area contributed by atoms with Gasteiger partial charge in [-0.25, -0.2) is 0 Å². The van der Waals surface area contributed by atoms with Gasteiger partial charge >= 0.3 is 0 Å². The second-order valence-corrected chi connectivity index (χ2v) is 5.45. The highest BCUT2D eigenvalue weighted by atomic mass is 14.9. The number of nitrogens with one attached hydrogen (secondary N) is 1. The normalized spacial score (nSPS) is 34.2. The molecule has 0 radical (unpaired) electrons. The lowest BCUT2D eigenvalue weighted by Crippen LogP contribution is -2.42. The Kier molecular flexibility index (Phi) is 4.45. The smallest absolute Gasteiger partial charge is 0.00792 e. The fourth-order valence-electron chi connectivity index (χ4n) is 3.11. The average Bonchev–Trinajstić information content (AvgIpc) is 2.29. The summed E-state index contributed by atoms with van der Waals surface area (Å²) in [4.78, 5) is 0. The second kappa shape index (κ2) is 5.86. The van der Waals surface area contributed by atoms with E-state index in [4.69, 9.17) is 5.73 Å². The molecule has 2 rings (SSSR count). The van der Waals surface area contributed by atoms with Crippen molar-refractivity contribution in [3.05, 3.63) is 0 Å². The predicted molar refractivity (Wildman–Crippen MR) is 64.8 cm³/mol. The van der Waals surface area contributed by atoms with E-state index in [0.29, 0.717) is 6.04 Å². The maximum absolute atomic E-state index is 6.15. The van der Waals surface area contributed by atoms with E-state index in [2.05, 4.69) is 5.32 Å². The van der Waals surface area contributed by atoms with Crippen molar-refractivity contribution < 1.29 is 0 Å². The summed E-state index contributed by atoms with van der Waals surface area (Å²) in [6, 6.07) is 1.27. The molecule has 0 spiro atoms. The molecule has 0 bridgehead atoms. The summed E-state index contributed by atoms with van der Waals surface area (Å²) in [7, 11) is 0. The number of nitrogens with two attached hydrogens (primary N) is 1. The minimum absolute atomic E-state index is 0.467. The van der Waals surface area contributed by atoms with Crippen LogP contribution in [-0.4, -0.2) is 18.6 Å². The van der Waals surface area contributed by atoms with Gasteiger partial charge in [0.05, 0.1) is 0 Å². The Hall–Kier alpha value is -0.0800. The molecule has 2 fully saturated rings. The molecule has 88 valence electrons. The van der Waals surface area contributed by atoms with Gasteiger partial charge in [-0.1, -0.05) is 32.1 Å². The van der Waals surface area contributed by atoms with Gasteiger partial charge in [-0.15, -0.1) is 0 Å². The van der Waals surface area contributed by atoms with Crippen LogP contribution in [0, 0.1) is 5.92 Å². The van der Waals surface area contributed by atoms with Gasteiger partial charge in [0, 0.05) is 12.1 Å². The topological polar surface area (TPSA) is 38.0 Å². The Morgan fingerprint density at radius 1 is 0.867 bits per heavy atom. The first-order valence-corrected chi connectivity index (χ1v) is 6.85. The molecule has 2 unspecified atom stereocenters. The molecule has 2 saturated carbocycles. The summed E-state index contributed by atoms with van der Waals surface area (Å²) in [5.41, 5.74) is 6.15. The zero-order valence-corrected chi connectivity index (χ0v) is 9.88. The second-order valence-electron chi connectivity index (χ2n) is 5.45. The standard InChI is InChI=1S/C13H26N2/c14-13-9-5-4-6-11(13)10-15-12-7-2-1-3-8-12/h11-13,15H,1-10,14H2. The van der Waals surface area contributed by atoms with Gasteiger partial charge in [0.15, 0.2) is 0 Å². The molecule has 0 aliphatic heterocycles. The SMILES string of the molecule is NC1CCCCC1CNC1CCCCC1. The van der Waals surface area contributed by atoms with Gasteiger partial charge in [-0.2, -0.15) is 0 Å². The Morgan fingerprint density at radius 2 is 1.53 bits per heavy atom. The van der Waals surface area contributed by atoms with E-state index in [1.54, 1.807) is 0 Å². The van der Waals surface area contributed by atoms with Gasteiger partial charge in [0.2, 0.25) is 0 Å². The van der Waals surface area contributed by atoms with E-state index in [1.165, 1.54) is 64.3 Å². The van der Waals surface area contributed by atoms with Crippen LogP contribution in [-0.2, 0) is 0 Å². The molecule has 0 heterocycles. The van der Waals surface area contributed by atoms with Crippen LogP contribution in [0.1, 0.15) is 57.8 Å². The highest BCUT2D eigenvalue weighted by Crippen LogP contribution is 2.23. The van der Waals surface area contributed by atoms with Crippen molar-refractivity contribution >= 4 is 0 Å². The monoisotopic (exact) mass is 210 g/mol. The molecule has 2 aliphatic rings. The van der Waals surface area contributed by atoms with E-state index >= 15 is 0 Å². The van der Waals surface area contributed by atoms with Gasteiger partial charge in [-0.05, 0) is 38.1 Å². The van der Waals surface area contributed by atoms with E-state index < -0.39 is 0 Å². The molecule has 2 heteroatoms. The summed E-state index contributed by atoms with van der Waals surface area (Å²) in [5, 5.41) is 3.74. The van der Waals surface area contributed by atoms with Crippen molar-refractivity contribution in [1.82, 2.24) is 5.32 Å². The summed E-state index contributed by atoms with van der Waals surface area (Å²) in [5.74, 6) is 0.751. The van der Waals surface area contributed by atoms with Crippen molar-refractivity contribution in [2.24, 2.45) is 11.7 Å². The molecule has 0 aromatic carbocycles. The summed E-state index contributed by atoms with van der Waals surface area (Å²) in [6.07, 6.45) is 12.4. The molecular weight excluding hydrogens is 184 g/mol. The lowest BCUT2D eigenvalue weighted by Gasteiger charge is -2.31. The molecule has 0 aromatic rings. The molecule has 0 amide bonds. The van der Waals surface area contributed by atoms with Gasteiger partial charge in [0.1, 0.15) is 0 Å².